The summed E-state index contributed by atoms with van der Waals surface area (Å²) < 4.78 is 32.2. The molecule has 0 aliphatic carbocycles. The zero-order chi connectivity index (χ0) is 21.7. The average Bonchev–Trinajstić information content (AvgIpc) is 3.12. The fourth-order valence-corrected chi connectivity index (χ4v) is 3.37. The van der Waals surface area contributed by atoms with Crippen LogP contribution in [0.1, 0.15) is 16.1 Å². The van der Waals surface area contributed by atoms with Crippen LogP contribution in [0.15, 0.2) is 65.6 Å². The lowest BCUT2D eigenvalue weighted by atomic mass is 10.2. The maximum Gasteiger partial charge on any atom is 0.338 e. The highest BCUT2D eigenvalue weighted by Gasteiger charge is 2.16. The third kappa shape index (κ3) is 4.91. The van der Waals surface area contributed by atoms with Crippen molar-refractivity contribution in [3.8, 4) is 5.69 Å². The molecule has 1 aromatic heterocycles. The number of aryl methyl sites for hydroxylation is 1. The fraction of sp³-hybridized carbons (Fsp3) is 0.150. The van der Waals surface area contributed by atoms with E-state index in [0.29, 0.717) is 11.5 Å². The maximum atomic E-state index is 12.2. The summed E-state index contributed by atoms with van der Waals surface area (Å²) in [5.41, 5.74) is 1.61. The summed E-state index contributed by atoms with van der Waals surface area (Å²) in [4.78, 5) is 24.4. The molecule has 0 atom stereocenters. The van der Waals surface area contributed by atoms with Gasteiger partial charge in [-0.2, -0.15) is 5.10 Å². The fourth-order valence-electron chi connectivity index (χ4n) is 2.64. The van der Waals surface area contributed by atoms with E-state index in [1.54, 1.807) is 17.7 Å². The quantitative estimate of drug-likeness (QED) is 0.555. The first-order valence-corrected chi connectivity index (χ1v) is 10.4. The Morgan fingerprint density at radius 1 is 1.07 bits per heavy atom. The largest absolute Gasteiger partial charge is 0.452 e. The number of benzene rings is 2. The highest BCUT2D eigenvalue weighted by atomic mass is 32.2. The molecule has 1 heterocycles. The van der Waals surface area contributed by atoms with E-state index < -0.39 is 28.5 Å². The number of carbonyl (C=O) groups is 2. The first-order chi connectivity index (χ1) is 14.3. The van der Waals surface area contributed by atoms with Crippen molar-refractivity contribution >= 4 is 27.7 Å². The van der Waals surface area contributed by atoms with E-state index in [2.05, 4.69) is 15.1 Å². The van der Waals surface area contributed by atoms with Gasteiger partial charge in [-0.3, -0.25) is 4.79 Å². The number of hydrogen-bond acceptors (Lipinski definition) is 6. The van der Waals surface area contributed by atoms with Crippen molar-refractivity contribution in [1.29, 1.82) is 0 Å². The summed E-state index contributed by atoms with van der Waals surface area (Å²) in [6.07, 6.45) is 0. The monoisotopic (exact) mass is 428 g/mol. The number of nitrogens with zero attached hydrogens (tertiary/aromatic N) is 2. The van der Waals surface area contributed by atoms with Crippen LogP contribution in [-0.4, -0.2) is 43.7 Å². The van der Waals surface area contributed by atoms with Crippen molar-refractivity contribution in [2.45, 2.75) is 11.8 Å². The van der Waals surface area contributed by atoms with Crippen LogP contribution in [0.3, 0.4) is 0 Å². The Balaban J connectivity index is 1.62. The van der Waals surface area contributed by atoms with Crippen molar-refractivity contribution in [2.75, 3.05) is 19.0 Å². The molecular formula is C20H20N4O5S. The summed E-state index contributed by atoms with van der Waals surface area (Å²) >= 11 is 0. The van der Waals surface area contributed by atoms with Gasteiger partial charge in [-0.1, -0.05) is 18.2 Å². The molecule has 0 spiro atoms. The Kier molecular flexibility index (Phi) is 6.28. The third-order valence-corrected chi connectivity index (χ3v) is 5.53. The van der Waals surface area contributed by atoms with E-state index in [1.807, 2.05) is 30.3 Å². The van der Waals surface area contributed by atoms with Crippen molar-refractivity contribution in [1.82, 2.24) is 14.5 Å². The van der Waals surface area contributed by atoms with Crippen LogP contribution in [0.5, 0.6) is 0 Å². The number of ether oxygens (including phenoxy) is 1. The first kappa shape index (κ1) is 21.2. The molecule has 9 nitrogen and oxygen atoms in total. The van der Waals surface area contributed by atoms with Gasteiger partial charge in [-0.25, -0.2) is 22.6 Å². The lowest BCUT2D eigenvalue weighted by molar-refractivity contribution is -0.119. The number of carbonyl (C=O) groups excluding carboxylic acids is 2. The molecule has 3 rings (SSSR count). The molecule has 0 aliphatic rings. The number of sulfonamides is 1. The molecule has 2 N–H and O–H groups in total. The lowest BCUT2D eigenvalue weighted by Gasteiger charge is -2.09. The van der Waals surface area contributed by atoms with Gasteiger partial charge in [-0.15, -0.1) is 0 Å². The molecule has 1 amide bonds. The molecule has 10 heteroatoms. The van der Waals surface area contributed by atoms with E-state index in [4.69, 9.17) is 4.74 Å². The summed E-state index contributed by atoms with van der Waals surface area (Å²) in [6, 6.07) is 16.2. The molecule has 0 saturated carbocycles. The van der Waals surface area contributed by atoms with Gasteiger partial charge in [0.25, 0.3) is 5.91 Å². The molecule has 30 heavy (non-hydrogen) atoms. The second-order valence-electron chi connectivity index (χ2n) is 6.27. The van der Waals surface area contributed by atoms with Crippen molar-refractivity contribution in [2.24, 2.45) is 0 Å². The van der Waals surface area contributed by atoms with Gasteiger partial charge in [0.2, 0.25) is 10.0 Å². The minimum absolute atomic E-state index is 0.0174. The first-order valence-electron chi connectivity index (χ1n) is 8.93. The molecule has 0 radical (unpaired) electrons. The molecule has 0 saturated heterocycles. The summed E-state index contributed by atoms with van der Waals surface area (Å²) in [5, 5.41) is 7.02. The van der Waals surface area contributed by atoms with Gasteiger partial charge in [0.1, 0.15) is 5.82 Å². The van der Waals surface area contributed by atoms with Crippen LogP contribution < -0.4 is 10.0 Å². The van der Waals surface area contributed by atoms with Gasteiger partial charge in [-0.05, 0) is 50.4 Å². The molecule has 0 bridgehead atoms. The maximum absolute atomic E-state index is 12.2. The number of hydrogen-bond donors (Lipinski definition) is 2. The van der Waals surface area contributed by atoms with Crippen LogP contribution >= 0.6 is 0 Å². The second kappa shape index (κ2) is 8.89. The van der Waals surface area contributed by atoms with Gasteiger partial charge >= 0.3 is 5.97 Å². The van der Waals surface area contributed by atoms with Gasteiger partial charge in [0.15, 0.2) is 6.61 Å². The SMILES string of the molecule is CNS(=O)(=O)c1ccc(C(=O)OCC(=O)Nc2cc(C)nn2-c2ccccc2)cc1. The smallest absolute Gasteiger partial charge is 0.338 e. The minimum Gasteiger partial charge on any atom is -0.452 e. The van der Waals surface area contributed by atoms with E-state index in [1.165, 1.54) is 31.3 Å². The Hall–Kier alpha value is -3.50. The van der Waals surface area contributed by atoms with E-state index in [9.17, 15) is 18.0 Å². The van der Waals surface area contributed by atoms with Crippen LogP contribution in [-0.2, 0) is 19.6 Å². The molecule has 0 unspecified atom stereocenters. The van der Waals surface area contributed by atoms with Gasteiger partial charge < -0.3 is 10.1 Å². The standard InChI is InChI=1S/C20H20N4O5S/c1-14-12-18(24(23-14)16-6-4-3-5-7-16)22-19(25)13-29-20(26)15-8-10-17(11-9-15)30(27,28)21-2/h3-12,21H,13H2,1-2H3,(H,22,25). The summed E-state index contributed by atoms with van der Waals surface area (Å²) in [5.74, 6) is -0.831. The highest BCUT2D eigenvalue weighted by Crippen LogP contribution is 2.17. The Labute approximate surface area is 173 Å². The average molecular weight is 428 g/mol. The topological polar surface area (TPSA) is 119 Å². The molecule has 2 aromatic carbocycles. The van der Waals surface area contributed by atoms with Crippen molar-refractivity contribution in [3.63, 3.8) is 0 Å². The minimum atomic E-state index is -3.60. The van der Waals surface area contributed by atoms with Crippen LogP contribution in [0, 0.1) is 6.92 Å². The van der Waals surface area contributed by atoms with Crippen LogP contribution in [0.4, 0.5) is 5.82 Å². The predicted molar refractivity (Wildman–Crippen MR) is 110 cm³/mol. The number of amides is 1. The number of nitrogens with one attached hydrogen (secondary N) is 2. The second-order valence-corrected chi connectivity index (χ2v) is 8.16. The summed E-state index contributed by atoms with van der Waals surface area (Å²) in [7, 11) is -2.31. The third-order valence-electron chi connectivity index (χ3n) is 4.10. The van der Waals surface area contributed by atoms with Crippen LogP contribution in [0.25, 0.3) is 5.69 Å². The Morgan fingerprint density at radius 2 is 1.73 bits per heavy atom. The number of rotatable bonds is 7. The normalized spacial score (nSPS) is 11.1. The Morgan fingerprint density at radius 3 is 2.37 bits per heavy atom. The predicted octanol–water partition coefficient (Wildman–Crippen LogP) is 1.88. The highest BCUT2D eigenvalue weighted by molar-refractivity contribution is 7.89. The van der Waals surface area contributed by atoms with Crippen LogP contribution in [0.2, 0.25) is 0 Å². The number of para-hydroxylation sites is 1. The lowest BCUT2D eigenvalue weighted by Crippen LogP contribution is -2.22. The zero-order valence-corrected chi connectivity index (χ0v) is 17.1. The summed E-state index contributed by atoms with van der Waals surface area (Å²) in [6.45, 7) is 1.29. The van der Waals surface area contributed by atoms with Gasteiger partial charge in [0, 0.05) is 6.07 Å². The zero-order valence-electron chi connectivity index (χ0n) is 16.3. The molecule has 0 aliphatic heterocycles. The van der Waals surface area contributed by atoms with Gasteiger partial charge in [0.05, 0.1) is 21.8 Å². The Bertz CT molecular complexity index is 1160. The molecule has 156 valence electrons. The van der Waals surface area contributed by atoms with Crippen molar-refractivity contribution in [3.05, 3.63) is 71.9 Å². The molecule has 3 aromatic rings. The number of esters is 1. The van der Waals surface area contributed by atoms with E-state index in [-0.39, 0.29) is 10.5 Å². The van der Waals surface area contributed by atoms with E-state index in [0.717, 1.165) is 5.69 Å². The number of aromatic nitrogens is 2. The molecule has 0 fully saturated rings. The molecular weight excluding hydrogens is 408 g/mol. The van der Waals surface area contributed by atoms with E-state index >= 15 is 0 Å². The van der Waals surface area contributed by atoms with Crippen molar-refractivity contribution < 1.29 is 22.7 Å². The number of anilines is 1.